The summed E-state index contributed by atoms with van der Waals surface area (Å²) >= 11 is 0. The fourth-order valence-corrected chi connectivity index (χ4v) is 3.11. The second-order valence-corrected chi connectivity index (χ2v) is 5.89. The largest absolute Gasteiger partial charge is 0.459 e. The third-order valence-corrected chi connectivity index (χ3v) is 4.48. The molecule has 2 amide bonds. The molecule has 0 atom stereocenters. The second kappa shape index (κ2) is 6.12. The van der Waals surface area contributed by atoms with Crippen LogP contribution >= 0.6 is 0 Å². The number of aromatic amines is 1. The quantitative estimate of drug-likeness (QED) is 0.874. The van der Waals surface area contributed by atoms with Crippen molar-refractivity contribution in [2.24, 2.45) is 0 Å². The normalized spacial score (nSPS) is 17.7. The highest BCUT2D eigenvalue weighted by molar-refractivity contribution is 5.95. The number of fused-ring (bicyclic) bond motifs is 1. The molecular weight excluding hydrogens is 312 g/mol. The third-order valence-electron chi connectivity index (χ3n) is 4.48. The van der Waals surface area contributed by atoms with Crippen LogP contribution in [0, 0.1) is 0 Å². The van der Waals surface area contributed by atoms with Gasteiger partial charge in [0.25, 0.3) is 11.8 Å². The predicted molar refractivity (Wildman–Crippen MR) is 82.5 cm³/mol. The molecule has 0 radical (unpaired) electrons. The van der Waals surface area contributed by atoms with Gasteiger partial charge >= 0.3 is 0 Å². The Morgan fingerprint density at radius 2 is 1.88 bits per heavy atom. The van der Waals surface area contributed by atoms with E-state index in [1.165, 1.54) is 6.26 Å². The molecule has 0 bridgehead atoms. The van der Waals surface area contributed by atoms with Crippen LogP contribution in [0.2, 0.25) is 0 Å². The average Bonchev–Trinajstić information content (AvgIpc) is 3.30. The lowest BCUT2D eigenvalue weighted by Gasteiger charge is -2.34. The molecule has 0 aliphatic carbocycles. The van der Waals surface area contributed by atoms with Crippen molar-refractivity contribution in [1.29, 1.82) is 0 Å². The van der Waals surface area contributed by atoms with Crippen molar-refractivity contribution in [2.75, 3.05) is 32.8 Å². The molecule has 0 unspecified atom stereocenters. The van der Waals surface area contributed by atoms with Crippen molar-refractivity contribution >= 4 is 11.8 Å². The number of carbonyl (C=O) groups is 2. The van der Waals surface area contributed by atoms with Gasteiger partial charge in [-0.25, -0.2) is 0 Å². The Kier molecular flexibility index (Phi) is 3.81. The van der Waals surface area contributed by atoms with E-state index < -0.39 is 0 Å². The van der Waals surface area contributed by atoms with E-state index in [0.29, 0.717) is 50.8 Å². The highest BCUT2D eigenvalue weighted by Crippen LogP contribution is 2.20. The van der Waals surface area contributed by atoms with Gasteiger partial charge in [0.1, 0.15) is 0 Å². The van der Waals surface area contributed by atoms with Crippen molar-refractivity contribution in [2.45, 2.75) is 13.0 Å². The van der Waals surface area contributed by atoms with Gasteiger partial charge in [0.2, 0.25) is 0 Å². The number of H-pyrrole nitrogens is 1. The number of ether oxygens (including phenoxy) is 1. The summed E-state index contributed by atoms with van der Waals surface area (Å²) in [4.78, 5) is 28.4. The van der Waals surface area contributed by atoms with Crippen molar-refractivity contribution in [3.8, 4) is 0 Å². The lowest BCUT2D eigenvalue weighted by atomic mass is 10.1. The number of furan rings is 1. The van der Waals surface area contributed by atoms with Gasteiger partial charge < -0.3 is 19.0 Å². The molecule has 24 heavy (non-hydrogen) atoms. The van der Waals surface area contributed by atoms with Crippen LogP contribution in [0.3, 0.4) is 0 Å². The molecule has 0 aromatic carbocycles. The SMILES string of the molecule is O=C(c1ccco1)N1CCN(C(=O)c2n[nH]c3c2COCC3)CC1. The molecule has 2 aliphatic rings. The van der Waals surface area contributed by atoms with Crippen molar-refractivity contribution in [3.63, 3.8) is 0 Å². The lowest BCUT2D eigenvalue weighted by Crippen LogP contribution is -2.50. The Labute approximate surface area is 138 Å². The summed E-state index contributed by atoms with van der Waals surface area (Å²) in [5.41, 5.74) is 2.28. The zero-order valence-electron chi connectivity index (χ0n) is 13.2. The number of aromatic nitrogens is 2. The summed E-state index contributed by atoms with van der Waals surface area (Å²) in [6.45, 7) is 2.99. The van der Waals surface area contributed by atoms with Crippen molar-refractivity contribution in [1.82, 2.24) is 20.0 Å². The number of hydrogen-bond donors (Lipinski definition) is 1. The van der Waals surface area contributed by atoms with Gasteiger partial charge in [0.15, 0.2) is 11.5 Å². The Hall–Kier alpha value is -2.61. The van der Waals surface area contributed by atoms with E-state index in [1.807, 2.05) is 0 Å². The first-order chi connectivity index (χ1) is 11.7. The summed E-state index contributed by atoms with van der Waals surface area (Å²) in [7, 11) is 0. The number of nitrogens with zero attached hydrogens (tertiary/aromatic N) is 3. The minimum absolute atomic E-state index is 0.108. The van der Waals surface area contributed by atoms with Crippen LogP contribution in [0.25, 0.3) is 0 Å². The Morgan fingerprint density at radius 1 is 1.12 bits per heavy atom. The van der Waals surface area contributed by atoms with Crippen molar-refractivity contribution in [3.05, 3.63) is 41.1 Å². The molecule has 126 valence electrons. The van der Waals surface area contributed by atoms with Gasteiger partial charge in [-0.2, -0.15) is 5.10 Å². The van der Waals surface area contributed by atoms with Gasteiger partial charge in [-0.05, 0) is 12.1 Å². The Balaban J connectivity index is 1.41. The molecule has 2 aromatic rings. The number of piperazine rings is 1. The molecule has 2 aliphatic heterocycles. The number of nitrogens with one attached hydrogen (secondary N) is 1. The topological polar surface area (TPSA) is 91.7 Å². The standard InChI is InChI=1S/C16H18N4O4/c21-15(13-2-1-8-24-13)19-4-6-20(7-5-19)16(22)14-11-10-23-9-3-12(11)17-18-14/h1-2,8H,3-7,9-10H2,(H,17,18). The van der Waals surface area contributed by atoms with Gasteiger partial charge in [-0.1, -0.05) is 0 Å². The van der Waals surface area contributed by atoms with E-state index >= 15 is 0 Å². The van der Waals surface area contributed by atoms with Crippen LogP contribution in [0.1, 0.15) is 32.3 Å². The van der Waals surface area contributed by atoms with Gasteiger partial charge in [-0.15, -0.1) is 0 Å². The van der Waals surface area contributed by atoms with Crippen LogP contribution in [-0.4, -0.2) is 64.6 Å². The molecular formula is C16H18N4O4. The molecule has 8 nitrogen and oxygen atoms in total. The lowest BCUT2D eigenvalue weighted by molar-refractivity contribution is 0.0511. The molecule has 1 fully saturated rings. The molecule has 2 aromatic heterocycles. The Morgan fingerprint density at radius 3 is 2.58 bits per heavy atom. The van der Waals surface area contributed by atoms with E-state index in [1.54, 1.807) is 21.9 Å². The highest BCUT2D eigenvalue weighted by Gasteiger charge is 2.30. The molecule has 1 saturated heterocycles. The maximum atomic E-state index is 12.7. The zero-order valence-corrected chi connectivity index (χ0v) is 13.2. The number of carbonyl (C=O) groups excluding carboxylic acids is 2. The fourth-order valence-electron chi connectivity index (χ4n) is 3.11. The molecule has 1 N–H and O–H groups in total. The van der Waals surface area contributed by atoms with E-state index in [9.17, 15) is 9.59 Å². The summed E-state index contributed by atoms with van der Waals surface area (Å²) in [6, 6.07) is 3.34. The maximum Gasteiger partial charge on any atom is 0.289 e. The van der Waals surface area contributed by atoms with E-state index in [4.69, 9.17) is 9.15 Å². The van der Waals surface area contributed by atoms with Crippen LogP contribution in [0.5, 0.6) is 0 Å². The summed E-state index contributed by atoms with van der Waals surface area (Å²) < 4.78 is 10.6. The molecule has 0 saturated carbocycles. The monoisotopic (exact) mass is 330 g/mol. The van der Waals surface area contributed by atoms with Crippen LogP contribution in [0.4, 0.5) is 0 Å². The summed E-state index contributed by atoms with van der Waals surface area (Å²) in [5, 5.41) is 7.11. The molecule has 8 heteroatoms. The molecule has 0 spiro atoms. The smallest absolute Gasteiger partial charge is 0.289 e. The third kappa shape index (κ3) is 2.58. The second-order valence-electron chi connectivity index (χ2n) is 5.89. The van der Waals surface area contributed by atoms with Crippen LogP contribution in [0.15, 0.2) is 22.8 Å². The zero-order chi connectivity index (χ0) is 16.5. The number of rotatable bonds is 2. The van der Waals surface area contributed by atoms with Crippen molar-refractivity contribution < 1.29 is 18.7 Å². The fraction of sp³-hybridized carbons (Fsp3) is 0.438. The first-order valence-corrected chi connectivity index (χ1v) is 8.00. The first-order valence-electron chi connectivity index (χ1n) is 8.00. The Bertz CT molecular complexity index is 744. The van der Waals surface area contributed by atoms with Crippen LogP contribution < -0.4 is 0 Å². The van der Waals surface area contributed by atoms with Gasteiger partial charge in [-0.3, -0.25) is 14.7 Å². The van der Waals surface area contributed by atoms with E-state index in [2.05, 4.69) is 10.2 Å². The van der Waals surface area contributed by atoms with Crippen LogP contribution in [-0.2, 0) is 17.8 Å². The molecule has 4 heterocycles. The first kappa shape index (κ1) is 14.9. The van der Waals surface area contributed by atoms with Gasteiger partial charge in [0, 0.05) is 43.9 Å². The van der Waals surface area contributed by atoms with Gasteiger partial charge in [0.05, 0.1) is 19.5 Å². The minimum Gasteiger partial charge on any atom is -0.459 e. The predicted octanol–water partition coefficient (Wildman–Crippen LogP) is 0.674. The maximum absolute atomic E-state index is 12.7. The average molecular weight is 330 g/mol. The summed E-state index contributed by atoms with van der Waals surface area (Å²) in [6.07, 6.45) is 2.23. The number of hydrogen-bond acceptors (Lipinski definition) is 5. The summed E-state index contributed by atoms with van der Waals surface area (Å²) in [5.74, 6) is 0.0778. The highest BCUT2D eigenvalue weighted by atomic mass is 16.5. The minimum atomic E-state index is -0.141. The van der Waals surface area contributed by atoms with E-state index in [-0.39, 0.29) is 11.8 Å². The van der Waals surface area contributed by atoms with E-state index in [0.717, 1.165) is 17.7 Å². The number of amides is 2. The molecule has 4 rings (SSSR count).